The molecule has 2 heterocycles. The Morgan fingerprint density at radius 2 is 1.94 bits per heavy atom. The lowest BCUT2D eigenvalue weighted by Crippen LogP contribution is -2.17. The first-order chi connectivity index (χ1) is 15.2. The maximum absolute atomic E-state index is 12.1. The first-order valence-corrected chi connectivity index (χ1v) is 9.64. The van der Waals surface area contributed by atoms with Gasteiger partial charge in [0, 0.05) is 41.6 Å². The summed E-state index contributed by atoms with van der Waals surface area (Å²) in [7, 11) is 1.37. The molecule has 0 aliphatic heterocycles. The second-order valence-electron chi connectivity index (χ2n) is 6.86. The Morgan fingerprint density at radius 1 is 1.10 bits per heavy atom. The van der Waals surface area contributed by atoms with Gasteiger partial charge >= 0.3 is 5.97 Å². The molecule has 2 aromatic heterocycles. The van der Waals surface area contributed by atoms with Crippen LogP contribution in [-0.4, -0.2) is 34.8 Å². The van der Waals surface area contributed by atoms with Gasteiger partial charge in [0.15, 0.2) is 0 Å². The average Bonchev–Trinajstić information content (AvgIpc) is 3.16. The Bertz CT molecular complexity index is 1260. The number of carbonyl (C=O) groups excluding carboxylic acids is 2. The van der Waals surface area contributed by atoms with Gasteiger partial charge in [-0.15, -0.1) is 0 Å². The number of fused-ring (bicyclic) bond motifs is 1. The van der Waals surface area contributed by atoms with Crippen molar-refractivity contribution in [3.63, 3.8) is 0 Å². The minimum absolute atomic E-state index is 0.326. The zero-order valence-electron chi connectivity index (χ0n) is 16.9. The van der Waals surface area contributed by atoms with Crippen LogP contribution in [0.25, 0.3) is 10.9 Å². The van der Waals surface area contributed by atoms with Crippen molar-refractivity contribution in [2.75, 3.05) is 7.11 Å². The number of hydrazone groups is 1. The average molecular weight is 412 g/mol. The van der Waals surface area contributed by atoms with Crippen molar-refractivity contribution in [2.45, 2.75) is 6.54 Å². The summed E-state index contributed by atoms with van der Waals surface area (Å²) in [5, 5.41) is 5.12. The standard InChI is InChI=1S/C24H20N4O3/c1-31-24(30)18-7-4-6-17(12-18)15-28-16-20(21-9-2-3-10-22(21)28)14-26-27-23(29)19-8-5-11-25-13-19/h2-14,16H,15H2,1H3,(H,27,29)/b26-14-. The highest BCUT2D eigenvalue weighted by atomic mass is 16.5. The molecule has 0 saturated carbocycles. The number of hydrogen-bond acceptors (Lipinski definition) is 5. The minimum atomic E-state index is -0.364. The van der Waals surface area contributed by atoms with Crippen LogP contribution in [0.2, 0.25) is 0 Å². The number of amides is 1. The summed E-state index contributed by atoms with van der Waals surface area (Å²) in [4.78, 5) is 27.9. The smallest absolute Gasteiger partial charge is 0.337 e. The van der Waals surface area contributed by atoms with Crippen LogP contribution < -0.4 is 5.43 Å². The van der Waals surface area contributed by atoms with Crippen molar-refractivity contribution in [3.8, 4) is 0 Å². The largest absolute Gasteiger partial charge is 0.465 e. The van der Waals surface area contributed by atoms with E-state index in [-0.39, 0.29) is 11.9 Å². The van der Waals surface area contributed by atoms with Gasteiger partial charge in [-0.1, -0.05) is 30.3 Å². The normalized spacial score (nSPS) is 11.0. The second kappa shape index (κ2) is 9.04. The molecular weight excluding hydrogens is 392 g/mol. The first-order valence-electron chi connectivity index (χ1n) is 9.64. The molecule has 0 bridgehead atoms. The summed E-state index contributed by atoms with van der Waals surface area (Å²) >= 11 is 0. The fraction of sp³-hybridized carbons (Fsp3) is 0.0833. The number of hydrogen-bond donors (Lipinski definition) is 1. The molecule has 154 valence electrons. The number of methoxy groups -OCH3 is 1. The maximum Gasteiger partial charge on any atom is 0.337 e. The Balaban J connectivity index is 1.58. The molecule has 7 nitrogen and oxygen atoms in total. The molecule has 0 aliphatic rings. The third-order valence-electron chi connectivity index (χ3n) is 4.81. The van der Waals surface area contributed by atoms with Crippen molar-refractivity contribution in [2.24, 2.45) is 5.10 Å². The number of nitrogens with zero attached hydrogens (tertiary/aromatic N) is 3. The monoisotopic (exact) mass is 412 g/mol. The number of para-hydroxylation sites is 1. The number of nitrogens with one attached hydrogen (secondary N) is 1. The van der Waals surface area contributed by atoms with Gasteiger partial charge in [-0.3, -0.25) is 9.78 Å². The zero-order valence-corrected chi connectivity index (χ0v) is 16.9. The molecule has 0 fully saturated rings. The molecule has 1 N–H and O–H groups in total. The van der Waals surface area contributed by atoms with Crippen molar-refractivity contribution in [1.29, 1.82) is 0 Å². The predicted molar refractivity (Wildman–Crippen MR) is 118 cm³/mol. The van der Waals surface area contributed by atoms with Gasteiger partial charge < -0.3 is 9.30 Å². The minimum Gasteiger partial charge on any atom is -0.465 e. The van der Waals surface area contributed by atoms with Crippen LogP contribution in [0.1, 0.15) is 31.8 Å². The molecule has 7 heteroatoms. The summed E-state index contributed by atoms with van der Waals surface area (Å²) in [6.45, 7) is 0.571. The molecule has 0 saturated heterocycles. The van der Waals surface area contributed by atoms with Crippen LogP contribution in [-0.2, 0) is 11.3 Å². The van der Waals surface area contributed by atoms with Gasteiger partial charge in [-0.2, -0.15) is 5.10 Å². The van der Waals surface area contributed by atoms with Gasteiger partial charge in [-0.25, -0.2) is 10.2 Å². The molecular formula is C24H20N4O3. The van der Waals surface area contributed by atoms with Crippen molar-refractivity contribution in [1.82, 2.24) is 15.0 Å². The van der Waals surface area contributed by atoms with E-state index in [2.05, 4.69) is 20.1 Å². The summed E-state index contributed by atoms with van der Waals surface area (Å²) in [6, 6.07) is 18.7. The van der Waals surface area contributed by atoms with E-state index < -0.39 is 0 Å². The first kappa shape index (κ1) is 20.0. The van der Waals surface area contributed by atoms with Crippen LogP contribution in [0.5, 0.6) is 0 Å². The number of aromatic nitrogens is 2. The fourth-order valence-corrected chi connectivity index (χ4v) is 3.34. The molecule has 0 spiro atoms. The van der Waals surface area contributed by atoms with E-state index in [4.69, 9.17) is 4.74 Å². The predicted octanol–water partition coefficient (Wildman–Crippen LogP) is 3.64. The number of esters is 1. The molecule has 31 heavy (non-hydrogen) atoms. The van der Waals surface area contributed by atoms with E-state index in [1.54, 1.807) is 30.6 Å². The Labute approximate surface area is 179 Å². The second-order valence-corrected chi connectivity index (χ2v) is 6.86. The highest BCUT2D eigenvalue weighted by Crippen LogP contribution is 2.21. The summed E-state index contributed by atoms with van der Waals surface area (Å²) in [6.07, 6.45) is 6.68. The SMILES string of the molecule is COC(=O)c1cccc(Cn2cc(/C=N\NC(=O)c3cccnc3)c3ccccc32)c1. The topological polar surface area (TPSA) is 85.6 Å². The van der Waals surface area contributed by atoms with E-state index in [1.165, 1.54) is 13.3 Å². The highest BCUT2D eigenvalue weighted by Gasteiger charge is 2.10. The molecule has 1 amide bonds. The Hall–Kier alpha value is -4.26. The van der Waals surface area contributed by atoms with Gasteiger partial charge in [0.1, 0.15) is 0 Å². The summed E-state index contributed by atoms with van der Waals surface area (Å²) < 4.78 is 6.89. The van der Waals surface area contributed by atoms with Crippen LogP contribution in [0.4, 0.5) is 0 Å². The maximum atomic E-state index is 12.1. The lowest BCUT2D eigenvalue weighted by molar-refractivity contribution is 0.0600. The van der Waals surface area contributed by atoms with E-state index in [9.17, 15) is 9.59 Å². The number of benzene rings is 2. The van der Waals surface area contributed by atoms with E-state index in [1.807, 2.05) is 48.7 Å². The van der Waals surface area contributed by atoms with E-state index in [0.717, 1.165) is 22.0 Å². The van der Waals surface area contributed by atoms with Gasteiger partial charge in [0.05, 0.1) is 24.5 Å². The molecule has 4 aromatic rings. The van der Waals surface area contributed by atoms with Crippen molar-refractivity contribution >= 4 is 29.0 Å². The molecule has 0 aliphatic carbocycles. The summed E-state index contributed by atoms with van der Waals surface area (Å²) in [5.74, 6) is -0.691. The van der Waals surface area contributed by atoms with Crippen LogP contribution >= 0.6 is 0 Å². The molecule has 0 radical (unpaired) electrons. The van der Waals surface area contributed by atoms with Crippen molar-refractivity contribution in [3.05, 3.63) is 102 Å². The quantitative estimate of drug-likeness (QED) is 0.298. The zero-order chi connectivity index (χ0) is 21.6. The summed E-state index contributed by atoms with van der Waals surface area (Å²) in [5.41, 5.74) is 6.33. The Morgan fingerprint density at radius 3 is 2.74 bits per heavy atom. The molecule has 0 atom stereocenters. The van der Waals surface area contributed by atoms with Gasteiger partial charge in [-0.05, 0) is 35.9 Å². The van der Waals surface area contributed by atoms with Crippen molar-refractivity contribution < 1.29 is 14.3 Å². The molecule has 4 rings (SSSR count). The van der Waals surface area contributed by atoms with E-state index in [0.29, 0.717) is 17.7 Å². The highest BCUT2D eigenvalue weighted by molar-refractivity contribution is 6.00. The van der Waals surface area contributed by atoms with Crippen LogP contribution in [0.3, 0.4) is 0 Å². The Kier molecular flexibility index (Phi) is 5.84. The fourth-order valence-electron chi connectivity index (χ4n) is 3.34. The van der Waals surface area contributed by atoms with Crippen LogP contribution in [0.15, 0.2) is 84.4 Å². The number of ether oxygens (including phenoxy) is 1. The van der Waals surface area contributed by atoms with Gasteiger partial charge in [0.25, 0.3) is 5.91 Å². The number of carbonyl (C=O) groups is 2. The number of rotatable bonds is 6. The van der Waals surface area contributed by atoms with Crippen LogP contribution in [0, 0.1) is 0 Å². The number of pyridine rings is 1. The van der Waals surface area contributed by atoms with Gasteiger partial charge in [0.2, 0.25) is 0 Å². The lowest BCUT2D eigenvalue weighted by Gasteiger charge is -2.07. The molecule has 0 unspecified atom stereocenters. The van der Waals surface area contributed by atoms with E-state index >= 15 is 0 Å². The third kappa shape index (κ3) is 4.51. The molecule has 2 aromatic carbocycles. The lowest BCUT2D eigenvalue weighted by atomic mass is 10.1. The third-order valence-corrected chi connectivity index (χ3v) is 4.81.